The highest BCUT2D eigenvalue weighted by molar-refractivity contribution is 5.69. The Morgan fingerprint density at radius 2 is 1.82 bits per heavy atom. The van der Waals surface area contributed by atoms with Gasteiger partial charge in [0.25, 0.3) is 0 Å². The maximum atomic E-state index is 15.1. The van der Waals surface area contributed by atoms with Crippen LogP contribution in [0.2, 0.25) is 0 Å². The lowest BCUT2D eigenvalue weighted by Crippen LogP contribution is -2.46. The summed E-state index contributed by atoms with van der Waals surface area (Å²) in [5.41, 5.74) is 7.63. The minimum atomic E-state index is -1.05. The van der Waals surface area contributed by atoms with Gasteiger partial charge in [-0.25, -0.2) is 22.5 Å². The highest BCUT2D eigenvalue weighted by Gasteiger charge is 2.25. The molecule has 3 unspecified atom stereocenters. The summed E-state index contributed by atoms with van der Waals surface area (Å²) in [4.78, 5) is 12.3. The van der Waals surface area contributed by atoms with E-state index in [2.05, 4.69) is 27.1 Å². The maximum Gasteiger partial charge on any atom is 0.149 e. The number of hydrogen-bond acceptors (Lipinski definition) is 6. The molecule has 38 heavy (non-hydrogen) atoms. The van der Waals surface area contributed by atoms with E-state index in [1.807, 2.05) is 6.07 Å². The van der Waals surface area contributed by atoms with Crippen LogP contribution in [0.25, 0.3) is 11.3 Å². The van der Waals surface area contributed by atoms with Gasteiger partial charge in [-0.05, 0) is 55.5 Å². The maximum absolute atomic E-state index is 15.1. The van der Waals surface area contributed by atoms with Crippen molar-refractivity contribution in [1.82, 2.24) is 9.97 Å². The molecule has 5 rings (SSSR count). The van der Waals surface area contributed by atoms with E-state index in [0.29, 0.717) is 31.0 Å². The van der Waals surface area contributed by atoms with Gasteiger partial charge in [0.1, 0.15) is 29.3 Å². The molecular formula is C28H32F4N6. The molecule has 2 saturated heterocycles. The van der Waals surface area contributed by atoms with Crippen molar-refractivity contribution in [3.8, 4) is 11.3 Å². The molecule has 3 N–H and O–H groups in total. The molecule has 10 heteroatoms. The quantitative estimate of drug-likeness (QED) is 0.424. The minimum Gasteiger partial charge on any atom is -0.376 e. The van der Waals surface area contributed by atoms with Gasteiger partial charge in [-0.3, -0.25) is 4.98 Å². The molecule has 4 heterocycles. The number of anilines is 3. The topological polar surface area (TPSA) is 70.3 Å². The number of aromatic nitrogens is 2. The third-order valence-electron chi connectivity index (χ3n) is 7.19. The standard InChI is InChI=1S/C28H32F4N6/c1-17-9-19(33)16-38(14-17)26-6-7-34-13-25(26)35-12-20-4-5-22(30)28(36-20)27-23(31)10-21(11-24(27)32)37-8-2-3-18(29)15-37/h4-7,10-11,13,17-19,35H,2-3,8-9,12,14-16,33H2,1H3. The average Bonchev–Trinajstić information content (AvgIpc) is 2.88. The third-order valence-corrected chi connectivity index (χ3v) is 7.19. The van der Waals surface area contributed by atoms with Crippen molar-refractivity contribution in [2.45, 2.75) is 44.9 Å². The summed E-state index contributed by atoms with van der Waals surface area (Å²) in [7, 11) is 0. The van der Waals surface area contributed by atoms with Gasteiger partial charge in [0, 0.05) is 44.1 Å². The number of hydrogen-bond donors (Lipinski definition) is 2. The molecule has 0 radical (unpaired) electrons. The van der Waals surface area contributed by atoms with Crippen molar-refractivity contribution in [3.05, 3.63) is 65.9 Å². The Labute approximate surface area is 219 Å². The molecule has 1 aromatic carbocycles. The Bertz CT molecular complexity index is 1250. The van der Waals surface area contributed by atoms with Crippen LogP contribution in [0.4, 0.5) is 34.6 Å². The second-order valence-corrected chi connectivity index (χ2v) is 10.4. The van der Waals surface area contributed by atoms with Crippen molar-refractivity contribution < 1.29 is 17.6 Å². The van der Waals surface area contributed by atoms with E-state index in [4.69, 9.17) is 5.73 Å². The van der Waals surface area contributed by atoms with Crippen molar-refractivity contribution in [2.75, 3.05) is 41.3 Å². The lowest BCUT2D eigenvalue weighted by molar-refractivity contribution is 0.286. The second kappa shape index (κ2) is 11.1. The molecule has 202 valence electrons. The van der Waals surface area contributed by atoms with Crippen molar-refractivity contribution in [3.63, 3.8) is 0 Å². The zero-order chi connectivity index (χ0) is 26.8. The fourth-order valence-electron chi connectivity index (χ4n) is 5.47. The Hall–Kier alpha value is -3.40. The van der Waals surface area contributed by atoms with Gasteiger partial charge in [-0.2, -0.15) is 0 Å². The van der Waals surface area contributed by atoms with Gasteiger partial charge in [-0.1, -0.05) is 6.92 Å². The summed E-state index contributed by atoms with van der Waals surface area (Å²) in [5, 5.41) is 3.28. The van der Waals surface area contributed by atoms with Gasteiger partial charge < -0.3 is 20.9 Å². The number of nitrogens with two attached hydrogens (primary N) is 1. The molecule has 2 aromatic heterocycles. The number of pyridine rings is 2. The Balaban J connectivity index is 1.37. The molecule has 2 aliphatic heterocycles. The van der Waals surface area contributed by atoms with Crippen LogP contribution in [0.1, 0.15) is 31.9 Å². The first-order valence-corrected chi connectivity index (χ1v) is 13.0. The van der Waals surface area contributed by atoms with Gasteiger partial charge in [-0.15, -0.1) is 0 Å². The highest BCUT2D eigenvalue weighted by Crippen LogP contribution is 2.33. The number of alkyl halides is 1. The summed E-state index contributed by atoms with van der Waals surface area (Å²) in [6.07, 6.45) is 4.36. The van der Waals surface area contributed by atoms with Crippen LogP contribution in [-0.4, -0.2) is 48.4 Å². The second-order valence-electron chi connectivity index (χ2n) is 10.4. The molecule has 0 amide bonds. The summed E-state index contributed by atoms with van der Waals surface area (Å²) in [5.74, 6) is -2.27. The van der Waals surface area contributed by atoms with E-state index >= 15 is 8.78 Å². The molecule has 0 aliphatic carbocycles. The van der Waals surface area contributed by atoms with Crippen LogP contribution in [-0.2, 0) is 6.54 Å². The number of halogens is 4. The molecular weight excluding hydrogens is 496 g/mol. The summed E-state index contributed by atoms with van der Waals surface area (Å²) < 4.78 is 58.8. The SMILES string of the molecule is CC1CC(N)CN(c2ccncc2NCc2ccc(F)c(-c3c(F)cc(N4CCCC(F)C4)cc3F)n2)C1. The van der Waals surface area contributed by atoms with Gasteiger partial charge in [0.2, 0.25) is 0 Å². The molecule has 2 fully saturated rings. The largest absolute Gasteiger partial charge is 0.376 e. The van der Waals surface area contributed by atoms with Crippen LogP contribution in [0.15, 0.2) is 42.7 Å². The zero-order valence-corrected chi connectivity index (χ0v) is 21.3. The van der Waals surface area contributed by atoms with E-state index in [0.717, 1.165) is 49.1 Å². The molecule has 3 atom stereocenters. The Morgan fingerprint density at radius 3 is 2.55 bits per heavy atom. The number of benzene rings is 1. The number of nitrogens with zero attached hydrogens (tertiary/aromatic N) is 4. The van der Waals surface area contributed by atoms with E-state index in [-0.39, 0.29) is 24.8 Å². The molecule has 0 saturated carbocycles. The predicted molar refractivity (Wildman–Crippen MR) is 141 cm³/mol. The average molecular weight is 529 g/mol. The highest BCUT2D eigenvalue weighted by atomic mass is 19.1. The monoisotopic (exact) mass is 528 g/mol. The molecule has 2 aliphatic rings. The van der Waals surface area contributed by atoms with Gasteiger partial charge >= 0.3 is 0 Å². The van der Waals surface area contributed by atoms with Crippen molar-refractivity contribution in [1.29, 1.82) is 0 Å². The Morgan fingerprint density at radius 1 is 1.03 bits per heavy atom. The van der Waals surface area contributed by atoms with Crippen LogP contribution in [0.3, 0.4) is 0 Å². The van der Waals surface area contributed by atoms with Gasteiger partial charge in [0.15, 0.2) is 0 Å². The third kappa shape index (κ3) is 5.70. The van der Waals surface area contributed by atoms with E-state index in [9.17, 15) is 8.78 Å². The van der Waals surface area contributed by atoms with Crippen LogP contribution in [0.5, 0.6) is 0 Å². The molecule has 0 spiro atoms. The number of piperidine rings is 2. The lowest BCUT2D eigenvalue weighted by Gasteiger charge is -2.37. The van der Waals surface area contributed by atoms with E-state index < -0.39 is 34.9 Å². The smallest absolute Gasteiger partial charge is 0.149 e. The molecule has 3 aromatic rings. The molecule has 6 nitrogen and oxygen atoms in total. The van der Waals surface area contributed by atoms with Crippen LogP contribution in [0, 0.1) is 23.4 Å². The number of nitrogens with one attached hydrogen (secondary N) is 1. The van der Waals surface area contributed by atoms with Crippen molar-refractivity contribution >= 4 is 17.1 Å². The normalized spacial score (nSPS) is 22.0. The Kier molecular flexibility index (Phi) is 7.69. The first-order chi connectivity index (χ1) is 18.3. The minimum absolute atomic E-state index is 0.0740. The number of rotatable bonds is 6. The summed E-state index contributed by atoms with van der Waals surface area (Å²) in [6.45, 7) is 4.52. The first kappa shape index (κ1) is 26.2. The van der Waals surface area contributed by atoms with Gasteiger partial charge in [0.05, 0.1) is 35.4 Å². The predicted octanol–water partition coefficient (Wildman–Crippen LogP) is 5.28. The molecule has 0 bridgehead atoms. The summed E-state index contributed by atoms with van der Waals surface area (Å²) in [6, 6.07) is 6.85. The van der Waals surface area contributed by atoms with E-state index in [1.165, 1.54) is 6.07 Å². The summed E-state index contributed by atoms with van der Waals surface area (Å²) >= 11 is 0. The first-order valence-electron chi connectivity index (χ1n) is 13.0. The zero-order valence-electron chi connectivity index (χ0n) is 21.3. The van der Waals surface area contributed by atoms with Crippen LogP contribution < -0.4 is 20.9 Å². The fraction of sp³-hybridized carbons (Fsp3) is 0.429. The van der Waals surface area contributed by atoms with Crippen molar-refractivity contribution in [2.24, 2.45) is 11.7 Å². The van der Waals surface area contributed by atoms with Crippen LogP contribution >= 0.6 is 0 Å². The fourth-order valence-corrected chi connectivity index (χ4v) is 5.47. The van der Waals surface area contributed by atoms with E-state index in [1.54, 1.807) is 17.3 Å². The lowest BCUT2D eigenvalue weighted by atomic mass is 9.96.